The zero-order chi connectivity index (χ0) is 12.7. The van der Waals surface area contributed by atoms with E-state index in [1.165, 1.54) is 18.2 Å². The fourth-order valence-electron chi connectivity index (χ4n) is 1.51. The maximum atomic E-state index is 12.9. The number of hydrogen-bond donors (Lipinski definition) is 0. The van der Waals surface area contributed by atoms with Gasteiger partial charge >= 0.3 is 5.97 Å². The highest BCUT2D eigenvalue weighted by Gasteiger charge is 2.08. The molecule has 0 saturated carbocycles. The van der Waals surface area contributed by atoms with Crippen molar-refractivity contribution in [3.63, 3.8) is 0 Å². The number of carbonyl (C=O) groups is 1. The third-order valence-electron chi connectivity index (χ3n) is 2.60. The van der Waals surface area contributed by atoms with Gasteiger partial charge in [-0.2, -0.15) is 0 Å². The van der Waals surface area contributed by atoms with Gasteiger partial charge in [-0.1, -0.05) is 19.9 Å². The maximum absolute atomic E-state index is 12.9. The molecule has 0 radical (unpaired) electrons. The molecule has 3 nitrogen and oxygen atoms in total. The molecule has 0 aliphatic heterocycles. The molecule has 0 fully saturated rings. The Balaban J connectivity index is 2.40. The van der Waals surface area contributed by atoms with Crippen molar-refractivity contribution in [2.75, 3.05) is 26.2 Å². The maximum Gasteiger partial charge on any atom is 0.338 e. The standard InChI is InChI=1S/C13H18FNO2/c1-3-15(4-2)8-9-17-13(16)11-6-5-7-12(14)10-11/h5-7,10H,3-4,8-9H2,1-2H3. The molecule has 0 atom stereocenters. The molecule has 0 N–H and O–H groups in total. The summed E-state index contributed by atoms with van der Waals surface area (Å²) in [7, 11) is 0. The summed E-state index contributed by atoms with van der Waals surface area (Å²) in [5, 5.41) is 0. The molecule has 1 aromatic rings. The Labute approximate surface area is 101 Å². The first-order chi connectivity index (χ1) is 8.17. The van der Waals surface area contributed by atoms with Crippen LogP contribution in [0.1, 0.15) is 24.2 Å². The average molecular weight is 239 g/mol. The summed E-state index contributed by atoms with van der Waals surface area (Å²) in [5.74, 6) is -0.903. The number of hydrogen-bond acceptors (Lipinski definition) is 3. The highest BCUT2D eigenvalue weighted by Crippen LogP contribution is 2.05. The summed E-state index contributed by atoms with van der Waals surface area (Å²) in [6.45, 7) is 6.99. The fraction of sp³-hybridized carbons (Fsp3) is 0.462. The third kappa shape index (κ3) is 4.53. The molecule has 1 rings (SSSR count). The molecule has 0 aromatic heterocycles. The van der Waals surface area contributed by atoms with E-state index in [1.807, 2.05) is 0 Å². The quantitative estimate of drug-likeness (QED) is 0.713. The first-order valence-electron chi connectivity index (χ1n) is 5.82. The second kappa shape index (κ2) is 7.01. The molecule has 4 heteroatoms. The van der Waals surface area contributed by atoms with Crippen LogP contribution in [-0.2, 0) is 4.74 Å². The van der Waals surface area contributed by atoms with Gasteiger partial charge in [0.2, 0.25) is 0 Å². The van der Waals surface area contributed by atoms with Crippen LogP contribution in [0.4, 0.5) is 4.39 Å². The topological polar surface area (TPSA) is 29.5 Å². The van der Waals surface area contributed by atoms with Crippen molar-refractivity contribution in [1.82, 2.24) is 4.90 Å². The van der Waals surface area contributed by atoms with Crippen molar-refractivity contribution in [3.05, 3.63) is 35.6 Å². The fourth-order valence-corrected chi connectivity index (χ4v) is 1.51. The van der Waals surface area contributed by atoms with Crippen LogP contribution < -0.4 is 0 Å². The lowest BCUT2D eigenvalue weighted by Gasteiger charge is -2.17. The molecule has 1 aromatic carbocycles. The van der Waals surface area contributed by atoms with Crippen LogP contribution in [0.3, 0.4) is 0 Å². The Morgan fingerprint density at radius 2 is 2.06 bits per heavy atom. The van der Waals surface area contributed by atoms with Crippen LogP contribution >= 0.6 is 0 Å². The highest BCUT2D eigenvalue weighted by atomic mass is 19.1. The number of halogens is 1. The van der Waals surface area contributed by atoms with E-state index in [2.05, 4.69) is 18.7 Å². The molecule has 0 spiro atoms. The van der Waals surface area contributed by atoms with Gasteiger partial charge in [-0.25, -0.2) is 9.18 Å². The molecule has 17 heavy (non-hydrogen) atoms. The molecule has 0 heterocycles. The van der Waals surface area contributed by atoms with Gasteiger partial charge in [0, 0.05) is 6.54 Å². The number of esters is 1. The predicted octanol–water partition coefficient (Wildman–Crippen LogP) is 2.32. The Kier molecular flexibility index (Phi) is 5.63. The number of nitrogens with zero attached hydrogens (tertiary/aromatic N) is 1. The number of likely N-dealkylation sites (N-methyl/N-ethyl adjacent to an activating group) is 1. The molecular weight excluding hydrogens is 221 g/mol. The van der Waals surface area contributed by atoms with E-state index in [1.54, 1.807) is 6.07 Å². The first-order valence-corrected chi connectivity index (χ1v) is 5.82. The van der Waals surface area contributed by atoms with E-state index in [9.17, 15) is 9.18 Å². The minimum absolute atomic E-state index is 0.254. The summed E-state index contributed by atoms with van der Waals surface area (Å²) >= 11 is 0. The Morgan fingerprint density at radius 1 is 1.35 bits per heavy atom. The summed E-state index contributed by atoms with van der Waals surface area (Å²) in [5.41, 5.74) is 0.254. The first kappa shape index (κ1) is 13.6. The largest absolute Gasteiger partial charge is 0.461 e. The van der Waals surface area contributed by atoms with Crippen LogP contribution in [0.25, 0.3) is 0 Å². The monoisotopic (exact) mass is 239 g/mol. The van der Waals surface area contributed by atoms with Gasteiger partial charge in [0.25, 0.3) is 0 Å². The zero-order valence-corrected chi connectivity index (χ0v) is 10.3. The molecule has 0 bridgehead atoms. The molecular formula is C13H18FNO2. The summed E-state index contributed by atoms with van der Waals surface area (Å²) in [6, 6.07) is 5.52. The van der Waals surface area contributed by atoms with Gasteiger partial charge in [0.05, 0.1) is 5.56 Å². The number of benzene rings is 1. The SMILES string of the molecule is CCN(CC)CCOC(=O)c1cccc(F)c1. The van der Waals surface area contributed by atoms with Gasteiger partial charge in [0.1, 0.15) is 12.4 Å². The lowest BCUT2D eigenvalue weighted by atomic mass is 10.2. The van der Waals surface area contributed by atoms with Crippen LogP contribution in [0.2, 0.25) is 0 Å². The Morgan fingerprint density at radius 3 is 2.65 bits per heavy atom. The van der Waals surface area contributed by atoms with Crippen molar-refractivity contribution in [2.45, 2.75) is 13.8 Å². The van der Waals surface area contributed by atoms with Crippen molar-refractivity contribution < 1.29 is 13.9 Å². The van der Waals surface area contributed by atoms with Crippen molar-refractivity contribution >= 4 is 5.97 Å². The van der Waals surface area contributed by atoms with Crippen molar-refractivity contribution in [2.24, 2.45) is 0 Å². The van der Waals surface area contributed by atoms with E-state index in [0.717, 1.165) is 13.1 Å². The van der Waals surface area contributed by atoms with Gasteiger partial charge in [-0.15, -0.1) is 0 Å². The minimum atomic E-state index is -0.475. The molecule has 0 aliphatic carbocycles. The highest BCUT2D eigenvalue weighted by molar-refractivity contribution is 5.89. The predicted molar refractivity (Wildman–Crippen MR) is 64.5 cm³/mol. The lowest BCUT2D eigenvalue weighted by molar-refractivity contribution is 0.0466. The minimum Gasteiger partial charge on any atom is -0.461 e. The van der Waals surface area contributed by atoms with Crippen LogP contribution in [0.5, 0.6) is 0 Å². The summed E-state index contributed by atoms with van der Waals surface area (Å²) in [4.78, 5) is 13.7. The van der Waals surface area contributed by atoms with E-state index in [4.69, 9.17) is 4.74 Å². The van der Waals surface area contributed by atoms with Gasteiger partial charge in [0.15, 0.2) is 0 Å². The Hall–Kier alpha value is -1.42. The number of ether oxygens (including phenoxy) is 1. The van der Waals surface area contributed by atoms with E-state index < -0.39 is 11.8 Å². The van der Waals surface area contributed by atoms with Crippen molar-refractivity contribution in [1.29, 1.82) is 0 Å². The average Bonchev–Trinajstić information content (AvgIpc) is 2.34. The van der Waals surface area contributed by atoms with Crippen LogP contribution in [0, 0.1) is 5.82 Å². The van der Waals surface area contributed by atoms with E-state index in [0.29, 0.717) is 13.2 Å². The third-order valence-corrected chi connectivity index (χ3v) is 2.60. The van der Waals surface area contributed by atoms with E-state index >= 15 is 0 Å². The molecule has 0 unspecified atom stereocenters. The van der Waals surface area contributed by atoms with Crippen LogP contribution in [0.15, 0.2) is 24.3 Å². The smallest absolute Gasteiger partial charge is 0.338 e. The Bertz CT molecular complexity index is 364. The second-order valence-corrected chi connectivity index (χ2v) is 3.67. The molecule has 94 valence electrons. The van der Waals surface area contributed by atoms with Crippen LogP contribution in [-0.4, -0.2) is 37.1 Å². The van der Waals surface area contributed by atoms with Gasteiger partial charge < -0.3 is 9.64 Å². The molecule has 0 aliphatic rings. The van der Waals surface area contributed by atoms with Gasteiger partial charge in [-0.3, -0.25) is 0 Å². The second-order valence-electron chi connectivity index (χ2n) is 3.67. The lowest BCUT2D eigenvalue weighted by Crippen LogP contribution is -2.27. The number of carbonyl (C=O) groups excluding carboxylic acids is 1. The van der Waals surface area contributed by atoms with Gasteiger partial charge in [-0.05, 0) is 31.3 Å². The van der Waals surface area contributed by atoms with E-state index in [-0.39, 0.29) is 5.56 Å². The number of rotatable bonds is 6. The summed E-state index contributed by atoms with van der Waals surface area (Å²) in [6.07, 6.45) is 0. The normalized spacial score (nSPS) is 10.6. The zero-order valence-electron chi connectivity index (χ0n) is 10.3. The van der Waals surface area contributed by atoms with Crippen molar-refractivity contribution in [3.8, 4) is 0 Å². The summed E-state index contributed by atoms with van der Waals surface area (Å²) < 4.78 is 17.9. The molecule has 0 amide bonds. The molecule has 0 saturated heterocycles.